The molecule has 0 bridgehead atoms. The van der Waals surface area contributed by atoms with Gasteiger partial charge in [0, 0.05) is 0 Å². The highest BCUT2D eigenvalue weighted by Gasteiger charge is 2.21. The van der Waals surface area contributed by atoms with Crippen LogP contribution in [0.1, 0.15) is 43.2 Å². The minimum Gasteiger partial charge on any atom is -0.317 e. The molecule has 1 aromatic carbocycles. The third-order valence-electron chi connectivity index (χ3n) is 4.82. The van der Waals surface area contributed by atoms with Gasteiger partial charge in [-0.1, -0.05) is 37.1 Å². The van der Waals surface area contributed by atoms with E-state index in [9.17, 15) is 0 Å². The van der Waals surface area contributed by atoms with Crippen LogP contribution in [0.2, 0.25) is 0 Å². The predicted octanol–water partition coefficient (Wildman–Crippen LogP) is 3.57. The summed E-state index contributed by atoms with van der Waals surface area (Å²) in [7, 11) is 0. The van der Waals surface area contributed by atoms with Crippen LogP contribution in [0.3, 0.4) is 0 Å². The van der Waals surface area contributed by atoms with Crippen LogP contribution in [-0.4, -0.2) is 13.1 Å². The van der Waals surface area contributed by atoms with Crippen molar-refractivity contribution in [1.82, 2.24) is 5.32 Å². The molecule has 1 aliphatic heterocycles. The lowest BCUT2D eigenvalue weighted by atomic mass is 9.90. The van der Waals surface area contributed by atoms with Gasteiger partial charge in [-0.2, -0.15) is 0 Å². The number of benzene rings is 1. The van der Waals surface area contributed by atoms with Crippen molar-refractivity contribution in [2.75, 3.05) is 13.1 Å². The molecule has 0 spiro atoms. The van der Waals surface area contributed by atoms with Gasteiger partial charge >= 0.3 is 0 Å². The molecule has 0 aromatic heterocycles. The second-order valence-corrected chi connectivity index (χ2v) is 6.17. The molecule has 1 saturated heterocycles. The topological polar surface area (TPSA) is 12.0 Å². The van der Waals surface area contributed by atoms with Crippen molar-refractivity contribution in [1.29, 1.82) is 0 Å². The Hall–Kier alpha value is -0.820. The van der Waals surface area contributed by atoms with Crippen LogP contribution in [0.15, 0.2) is 24.3 Å². The monoisotopic (exact) mass is 243 g/mol. The summed E-state index contributed by atoms with van der Waals surface area (Å²) >= 11 is 0. The number of nitrogens with one attached hydrogen (secondary N) is 1. The molecule has 2 aliphatic rings. The van der Waals surface area contributed by atoms with Gasteiger partial charge in [-0.05, 0) is 68.2 Å². The van der Waals surface area contributed by atoms with Crippen LogP contribution >= 0.6 is 0 Å². The maximum absolute atomic E-state index is 3.46. The summed E-state index contributed by atoms with van der Waals surface area (Å²) < 4.78 is 0. The van der Waals surface area contributed by atoms with Gasteiger partial charge < -0.3 is 5.32 Å². The standard InChI is InChI=1S/C17H25N/c1-2-7-17-13-15(12-16(17)6-1)5-3-4-14-8-10-18-11-9-14/h1-2,6-7,14-15,18H,3-5,8-13H2. The van der Waals surface area contributed by atoms with Crippen LogP contribution in [0.4, 0.5) is 0 Å². The normalized spacial score (nSPS) is 21.1. The summed E-state index contributed by atoms with van der Waals surface area (Å²) in [5, 5.41) is 3.46. The van der Waals surface area contributed by atoms with E-state index in [0.29, 0.717) is 0 Å². The first kappa shape index (κ1) is 12.2. The molecule has 1 aromatic rings. The Morgan fingerprint density at radius 2 is 1.50 bits per heavy atom. The van der Waals surface area contributed by atoms with Crippen molar-refractivity contribution >= 4 is 0 Å². The molecule has 1 heteroatoms. The molecule has 1 fully saturated rings. The van der Waals surface area contributed by atoms with Gasteiger partial charge in [0.05, 0.1) is 0 Å². The fraction of sp³-hybridized carbons (Fsp3) is 0.647. The molecular weight excluding hydrogens is 218 g/mol. The molecule has 1 N–H and O–H groups in total. The first-order chi connectivity index (χ1) is 8.92. The highest BCUT2D eigenvalue weighted by atomic mass is 14.9. The van der Waals surface area contributed by atoms with Crippen molar-refractivity contribution in [3.05, 3.63) is 35.4 Å². The fourth-order valence-electron chi connectivity index (χ4n) is 3.72. The molecule has 3 rings (SSSR count). The van der Waals surface area contributed by atoms with Crippen LogP contribution in [-0.2, 0) is 12.8 Å². The SMILES string of the molecule is c1ccc2c(c1)CC(CCCC1CCNCC1)C2. The van der Waals surface area contributed by atoms with E-state index in [1.54, 1.807) is 11.1 Å². The van der Waals surface area contributed by atoms with E-state index in [1.807, 2.05) is 0 Å². The fourth-order valence-corrected chi connectivity index (χ4v) is 3.72. The number of fused-ring (bicyclic) bond motifs is 1. The summed E-state index contributed by atoms with van der Waals surface area (Å²) in [6.45, 7) is 2.50. The third kappa shape index (κ3) is 2.95. The minimum atomic E-state index is 0.934. The first-order valence-corrected chi connectivity index (χ1v) is 7.69. The molecule has 1 heterocycles. The Morgan fingerprint density at radius 3 is 2.17 bits per heavy atom. The zero-order valence-electron chi connectivity index (χ0n) is 11.3. The van der Waals surface area contributed by atoms with Crippen molar-refractivity contribution in [2.24, 2.45) is 11.8 Å². The lowest BCUT2D eigenvalue weighted by Crippen LogP contribution is -2.27. The highest BCUT2D eigenvalue weighted by molar-refractivity contribution is 5.31. The molecule has 18 heavy (non-hydrogen) atoms. The summed E-state index contributed by atoms with van der Waals surface area (Å²) in [4.78, 5) is 0. The van der Waals surface area contributed by atoms with Gasteiger partial charge in [-0.25, -0.2) is 0 Å². The van der Waals surface area contributed by atoms with Gasteiger partial charge in [0.1, 0.15) is 0 Å². The largest absolute Gasteiger partial charge is 0.317 e. The molecule has 0 unspecified atom stereocenters. The van der Waals surface area contributed by atoms with Gasteiger partial charge in [0.2, 0.25) is 0 Å². The lowest BCUT2D eigenvalue weighted by molar-refractivity contribution is 0.332. The Kier molecular flexibility index (Phi) is 3.99. The number of hydrogen-bond donors (Lipinski definition) is 1. The van der Waals surface area contributed by atoms with Crippen LogP contribution in [0, 0.1) is 11.8 Å². The number of piperidine rings is 1. The van der Waals surface area contributed by atoms with Crippen molar-refractivity contribution < 1.29 is 0 Å². The molecule has 98 valence electrons. The third-order valence-corrected chi connectivity index (χ3v) is 4.82. The van der Waals surface area contributed by atoms with Crippen molar-refractivity contribution in [3.8, 4) is 0 Å². The quantitative estimate of drug-likeness (QED) is 0.852. The average Bonchev–Trinajstić information content (AvgIpc) is 2.82. The van der Waals surface area contributed by atoms with Gasteiger partial charge in [-0.15, -0.1) is 0 Å². The molecule has 1 nitrogen and oxygen atoms in total. The van der Waals surface area contributed by atoms with Crippen LogP contribution in [0.5, 0.6) is 0 Å². The maximum atomic E-state index is 3.46. The van der Waals surface area contributed by atoms with E-state index in [2.05, 4.69) is 29.6 Å². The zero-order chi connectivity index (χ0) is 12.2. The Balaban J connectivity index is 1.40. The van der Waals surface area contributed by atoms with Gasteiger partial charge in [0.15, 0.2) is 0 Å². The minimum absolute atomic E-state index is 0.934. The van der Waals surface area contributed by atoms with Gasteiger partial charge in [0.25, 0.3) is 0 Å². The van der Waals surface area contributed by atoms with Crippen LogP contribution in [0.25, 0.3) is 0 Å². The Morgan fingerprint density at radius 1 is 0.889 bits per heavy atom. The molecule has 0 saturated carbocycles. The Bertz CT molecular complexity index is 354. The smallest absolute Gasteiger partial charge is 0.00463 e. The van der Waals surface area contributed by atoms with Crippen molar-refractivity contribution in [2.45, 2.75) is 44.9 Å². The van der Waals surface area contributed by atoms with Gasteiger partial charge in [-0.3, -0.25) is 0 Å². The van der Waals surface area contributed by atoms with E-state index in [4.69, 9.17) is 0 Å². The van der Waals surface area contributed by atoms with E-state index in [1.165, 1.54) is 58.0 Å². The molecule has 0 atom stereocenters. The number of hydrogen-bond acceptors (Lipinski definition) is 1. The maximum Gasteiger partial charge on any atom is -0.00463 e. The second-order valence-electron chi connectivity index (χ2n) is 6.17. The summed E-state index contributed by atoms with van der Waals surface area (Å²) in [5.74, 6) is 1.94. The first-order valence-electron chi connectivity index (χ1n) is 7.69. The van der Waals surface area contributed by atoms with E-state index >= 15 is 0 Å². The van der Waals surface area contributed by atoms with Crippen LogP contribution < -0.4 is 5.32 Å². The number of rotatable bonds is 4. The average molecular weight is 243 g/mol. The lowest BCUT2D eigenvalue weighted by Gasteiger charge is -2.22. The summed E-state index contributed by atoms with van der Waals surface area (Å²) in [5.41, 5.74) is 3.23. The summed E-state index contributed by atoms with van der Waals surface area (Å²) in [6.07, 6.45) is 9.84. The van der Waals surface area contributed by atoms with E-state index in [0.717, 1.165) is 11.8 Å². The second kappa shape index (κ2) is 5.88. The van der Waals surface area contributed by atoms with E-state index < -0.39 is 0 Å². The molecule has 0 radical (unpaired) electrons. The molecule has 0 amide bonds. The zero-order valence-corrected chi connectivity index (χ0v) is 11.3. The molecular formula is C17H25N. The Labute approximate surface area is 111 Å². The van der Waals surface area contributed by atoms with Crippen molar-refractivity contribution in [3.63, 3.8) is 0 Å². The van der Waals surface area contributed by atoms with E-state index in [-0.39, 0.29) is 0 Å². The molecule has 1 aliphatic carbocycles. The predicted molar refractivity (Wildman–Crippen MR) is 76.8 cm³/mol. The summed E-state index contributed by atoms with van der Waals surface area (Å²) in [6, 6.07) is 9.02. The highest BCUT2D eigenvalue weighted by Crippen LogP contribution is 2.30.